The zero-order valence-corrected chi connectivity index (χ0v) is 15.7. The summed E-state index contributed by atoms with van der Waals surface area (Å²) in [6, 6.07) is 10.1. The van der Waals surface area contributed by atoms with Crippen LogP contribution in [0, 0.1) is 0 Å². The number of amides is 2. The van der Waals surface area contributed by atoms with E-state index >= 15 is 0 Å². The molecule has 1 aromatic carbocycles. The third kappa shape index (κ3) is 6.38. The van der Waals surface area contributed by atoms with Crippen LogP contribution in [0.5, 0.6) is 0 Å². The zero-order valence-electron chi connectivity index (χ0n) is 15.7. The molecule has 0 saturated carbocycles. The molecule has 1 aromatic rings. The molecule has 1 heterocycles. The summed E-state index contributed by atoms with van der Waals surface area (Å²) in [5, 5.41) is 6.13. The van der Waals surface area contributed by atoms with Crippen LogP contribution < -0.4 is 10.6 Å². The van der Waals surface area contributed by atoms with Crippen LogP contribution in [0.4, 0.5) is 0 Å². The van der Waals surface area contributed by atoms with Crippen LogP contribution in [0.2, 0.25) is 0 Å². The van der Waals surface area contributed by atoms with Gasteiger partial charge in [0.1, 0.15) is 6.54 Å². The van der Waals surface area contributed by atoms with Crippen LogP contribution >= 0.6 is 0 Å². The Bertz CT molecular complexity index is 610. The van der Waals surface area contributed by atoms with Crippen molar-refractivity contribution in [2.45, 2.75) is 20.3 Å². The predicted molar refractivity (Wildman–Crippen MR) is 103 cm³/mol. The molecule has 0 aliphatic carbocycles. The van der Waals surface area contributed by atoms with Gasteiger partial charge in [0.2, 0.25) is 11.8 Å². The average molecular weight is 359 g/mol. The quantitative estimate of drug-likeness (QED) is 0.572. The van der Waals surface area contributed by atoms with Crippen molar-refractivity contribution < 1.29 is 9.59 Å². The molecule has 7 heteroatoms. The van der Waals surface area contributed by atoms with Gasteiger partial charge < -0.3 is 20.4 Å². The summed E-state index contributed by atoms with van der Waals surface area (Å²) in [7, 11) is 0. The molecular formula is C19H29N5O2. The highest BCUT2D eigenvalue weighted by Gasteiger charge is 2.20. The molecule has 26 heavy (non-hydrogen) atoms. The van der Waals surface area contributed by atoms with Crippen LogP contribution in [0.25, 0.3) is 0 Å². The number of nitrogens with one attached hydrogen (secondary N) is 2. The fraction of sp³-hybridized carbons (Fsp3) is 0.526. The molecule has 1 aliphatic rings. The van der Waals surface area contributed by atoms with Gasteiger partial charge in [0.15, 0.2) is 5.96 Å². The Hall–Kier alpha value is -2.57. The van der Waals surface area contributed by atoms with Crippen LogP contribution in [0.1, 0.15) is 19.4 Å². The molecule has 2 amide bonds. The first-order chi connectivity index (χ1) is 12.6. The van der Waals surface area contributed by atoms with E-state index in [0.717, 1.165) is 32.0 Å². The van der Waals surface area contributed by atoms with E-state index in [1.165, 1.54) is 5.56 Å². The molecule has 0 unspecified atom stereocenters. The van der Waals surface area contributed by atoms with Crippen LogP contribution in [-0.4, -0.2) is 73.4 Å². The zero-order chi connectivity index (χ0) is 18.8. The van der Waals surface area contributed by atoms with Gasteiger partial charge in [-0.15, -0.1) is 0 Å². The standard InChI is InChI=1S/C19H29N5O2/c1-3-20-19(24-13-11-23(12-14-24)16(2)25)22-15-18(26)21-10-9-17-7-5-4-6-8-17/h4-8H,3,9-15H2,1-2H3,(H,20,22)(H,21,26). The Morgan fingerprint density at radius 2 is 1.69 bits per heavy atom. The fourth-order valence-corrected chi connectivity index (χ4v) is 2.85. The number of guanidine groups is 1. The number of aliphatic imine (C=N–C) groups is 1. The van der Waals surface area contributed by atoms with Crippen molar-refractivity contribution in [3.05, 3.63) is 35.9 Å². The molecule has 0 radical (unpaired) electrons. The predicted octanol–water partition coefficient (Wildman–Crippen LogP) is 0.475. The molecular weight excluding hydrogens is 330 g/mol. The maximum atomic E-state index is 12.0. The Labute approximate surface area is 155 Å². The van der Waals surface area contributed by atoms with Crippen LogP contribution in [0.15, 0.2) is 35.3 Å². The van der Waals surface area contributed by atoms with Crippen molar-refractivity contribution in [2.75, 3.05) is 45.8 Å². The van der Waals surface area contributed by atoms with Crippen molar-refractivity contribution in [1.82, 2.24) is 20.4 Å². The Morgan fingerprint density at radius 3 is 2.31 bits per heavy atom. The van der Waals surface area contributed by atoms with E-state index < -0.39 is 0 Å². The largest absolute Gasteiger partial charge is 0.357 e. The minimum Gasteiger partial charge on any atom is -0.357 e. The molecule has 2 rings (SSSR count). The van der Waals surface area contributed by atoms with Gasteiger partial charge in [-0.25, -0.2) is 4.99 Å². The van der Waals surface area contributed by atoms with Gasteiger partial charge in [-0.05, 0) is 18.9 Å². The van der Waals surface area contributed by atoms with Gasteiger partial charge in [-0.1, -0.05) is 30.3 Å². The topological polar surface area (TPSA) is 77.0 Å². The first-order valence-electron chi connectivity index (χ1n) is 9.19. The summed E-state index contributed by atoms with van der Waals surface area (Å²) in [4.78, 5) is 31.9. The van der Waals surface area contributed by atoms with Crippen molar-refractivity contribution in [2.24, 2.45) is 4.99 Å². The number of rotatable bonds is 6. The molecule has 1 fully saturated rings. The number of carbonyl (C=O) groups excluding carboxylic acids is 2. The lowest BCUT2D eigenvalue weighted by Crippen LogP contribution is -2.53. The summed E-state index contributed by atoms with van der Waals surface area (Å²) < 4.78 is 0. The second-order valence-electron chi connectivity index (χ2n) is 6.25. The van der Waals surface area contributed by atoms with Gasteiger partial charge in [-0.2, -0.15) is 0 Å². The van der Waals surface area contributed by atoms with Crippen molar-refractivity contribution in [1.29, 1.82) is 0 Å². The van der Waals surface area contributed by atoms with Gasteiger partial charge >= 0.3 is 0 Å². The average Bonchev–Trinajstić information content (AvgIpc) is 2.66. The molecule has 1 saturated heterocycles. The van der Waals surface area contributed by atoms with E-state index in [4.69, 9.17) is 0 Å². The van der Waals surface area contributed by atoms with Crippen LogP contribution in [0.3, 0.4) is 0 Å². The van der Waals surface area contributed by atoms with E-state index in [1.54, 1.807) is 6.92 Å². The lowest BCUT2D eigenvalue weighted by atomic mass is 10.1. The van der Waals surface area contributed by atoms with Crippen molar-refractivity contribution in [3.63, 3.8) is 0 Å². The summed E-state index contributed by atoms with van der Waals surface area (Å²) in [5.41, 5.74) is 1.20. The third-order valence-corrected chi connectivity index (χ3v) is 4.31. The summed E-state index contributed by atoms with van der Waals surface area (Å²) in [5.74, 6) is 0.747. The number of carbonyl (C=O) groups is 2. The van der Waals surface area contributed by atoms with Gasteiger partial charge in [0, 0.05) is 46.2 Å². The highest BCUT2D eigenvalue weighted by atomic mass is 16.2. The Kier molecular flexibility index (Phi) is 7.92. The van der Waals surface area contributed by atoms with E-state index in [-0.39, 0.29) is 18.4 Å². The summed E-state index contributed by atoms with van der Waals surface area (Å²) in [6.45, 7) is 7.85. The maximum Gasteiger partial charge on any atom is 0.241 e. The normalized spacial score (nSPS) is 14.9. The van der Waals surface area contributed by atoms with Gasteiger partial charge in [0.25, 0.3) is 0 Å². The minimum atomic E-state index is -0.0845. The molecule has 0 aromatic heterocycles. The van der Waals surface area contributed by atoms with Gasteiger partial charge in [0.05, 0.1) is 0 Å². The van der Waals surface area contributed by atoms with Crippen molar-refractivity contribution >= 4 is 17.8 Å². The molecule has 0 atom stereocenters. The van der Waals surface area contributed by atoms with Crippen molar-refractivity contribution in [3.8, 4) is 0 Å². The SMILES string of the molecule is CCNC(=NCC(=O)NCCc1ccccc1)N1CCN(C(C)=O)CC1. The highest BCUT2D eigenvalue weighted by Crippen LogP contribution is 2.03. The lowest BCUT2D eigenvalue weighted by molar-refractivity contribution is -0.130. The molecule has 7 nitrogen and oxygen atoms in total. The maximum absolute atomic E-state index is 12.0. The molecule has 0 bridgehead atoms. The number of piperazine rings is 1. The molecule has 2 N–H and O–H groups in total. The number of hydrogen-bond acceptors (Lipinski definition) is 3. The fourth-order valence-electron chi connectivity index (χ4n) is 2.85. The van der Waals surface area contributed by atoms with Gasteiger partial charge in [-0.3, -0.25) is 9.59 Å². The Balaban J connectivity index is 1.78. The summed E-state index contributed by atoms with van der Waals surface area (Å²) in [6.07, 6.45) is 0.809. The molecule has 142 valence electrons. The van der Waals surface area contributed by atoms with E-state index in [2.05, 4.69) is 20.5 Å². The van der Waals surface area contributed by atoms with E-state index in [0.29, 0.717) is 19.6 Å². The lowest BCUT2D eigenvalue weighted by Gasteiger charge is -2.36. The highest BCUT2D eigenvalue weighted by molar-refractivity contribution is 5.85. The second kappa shape index (κ2) is 10.4. The smallest absolute Gasteiger partial charge is 0.241 e. The number of nitrogens with zero attached hydrogens (tertiary/aromatic N) is 3. The molecule has 1 aliphatic heterocycles. The van der Waals surface area contributed by atoms with E-state index in [9.17, 15) is 9.59 Å². The molecule has 0 spiro atoms. The second-order valence-corrected chi connectivity index (χ2v) is 6.25. The first-order valence-corrected chi connectivity index (χ1v) is 9.19. The van der Waals surface area contributed by atoms with Crippen LogP contribution in [-0.2, 0) is 16.0 Å². The third-order valence-electron chi connectivity index (χ3n) is 4.31. The minimum absolute atomic E-state index is 0.0845. The van der Waals surface area contributed by atoms with E-state index in [1.807, 2.05) is 42.2 Å². The first kappa shape index (κ1) is 19.8. The number of hydrogen-bond donors (Lipinski definition) is 2. The summed E-state index contributed by atoms with van der Waals surface area (Å²) >= 11 is 0. The number of benzene rings is 1. The monoisotopic (exact) mass is 359 g/mol. The Morgan fingerprint density at radius 1 is 1.04 bits per heavy atom.